The van der Waals surface area contributed by atoms with Gasteiger partial charge in [0.15, 0.2) is 0 Å². The lowest BCUT2D eigenvalue weighted by Gasteiger charge is -2.44. The van der Waals surface area contributed by atoms with Crippen LogP contribution in [0.2, 0.25) is 0 Å². The number of hydrogen-bond donors (Lipinski definition) is 2. The molecule has 1 aromatic carbocycles. The van der Waals surface area contributed by atoms with E-state index in [9.17, 15) is 19.5 Å². The third kappa shape index (κ3) is 4.82. The summed E-state index contributed by atoms with van der Waals surface area (Å²) in [6.45, 7) is 1.35. The lowest BCUT2D eigenvalue weighted by Crippen LogP contribution is -2.60. The highest BCUT2D eigenvalue weighted by Gasteiger charge is 2.35. The molecule has 2 aliphatic rings. The first-order valence-corrected chi connectivity index (χ1v) is 10.6. The molecule has 2 aliphatic heterocycles. The zero-order valence-electron chi connectivity index (χ0n) is 16.5. The summed E-state index contributed by atoms with van der Waals surface area (Å²) in [5.74, 6) is -0.130. The summed E-state index contributed by atoms with van der Waals surface area (Å²) in [5.41, 5.74) is 1.56. The number of aliphatic hydroxyl groups excluding tert-OH is 1. The predicted octanol–water partition coefficient (Wildman–Crippen LogP) is 1.05. The van der Waals surface area contributed by atoms with Crippen molar-refractivity contribution in [3.05, 3.63) is 58.8 Å². The molecule has 1 aromatic heterocycles. The van der Waals surface area contributed by atoms with E-state index < -0.39 is 17.2 Å². The molecule has 0 aliphatic carbocycles. The predicted molar refractivity (Wildman–Crippen MR) is 116 cm³/mol. The molecule has 10 heteroatoms. The number of hydrogen-bond acceptors (Lipinski definition) is 9. The molecule has 3 heterocycles. The van der Waals surface area contributed by atoms with E-state index in [0.29, 0.717) is 31.3 Å². The maximum Gasteiger partial charge on any atom is 0.290 e. The molecule has 0 bridgehead atoms. The van der Waals surface area contributed by atoms with E-state index in [1.807, 2.05) is 30.3 Å². The molecule has 2 aromatic rings. The fourth-order valence-electron chi connectivity index (χ4n) is 3.63. The third-order valence-corrected chi connectivity index (χ3v) is 5.99. The molecule has 0 saturated carbocycles. The van der Waals surface area contributed by atoms with E-state index in [-0.39, 0.29) is 17.6 Å². The smallest absolute Gasteiger partial charge is 0.290 e. The number of piperazine rings is 1. The van der Waals surface area contributed by atoms with Gasteiger partial charge >= 0.3 is 0 Å². The van der Waals surface area contributed by atoms with Crippen molar-refractivity contribution >= 4 is 41.2 Å². The van der Waals surface area contributed by atoms with Crippen molar-refractivity contribution in [2.45, 2.75) is 18.6 Å². The zero-order chi connectivity index (χ0) is 21.8. The number of rotatable bonds is 6. The Morgan fingerprint density at radius 3 is 2.68 bits per heavy atom. The second-order valence-corrected chi connectivity index (χ2v) is 8.26. The van der Waals surface area contributed by atoms with Crippen molar-refractivity contribution in [2.75, 3.05) is 24.6 Å². The Balaban J connectivity index is 1.55. The monoisotopic (exact) mass is 439 g/mol. The SMILES string of the molecule is O=CC1CN(Cc2ccccc2)[C@@H](CO)CN1c1nccc(/C=C2\SC(=O)NC2=O)n1. The molecule has 31 heavy (non-hydrogen) atoms. The molecular formula is C21H21N5O4S. The number of nitrogens with zero attached hydrogens (tertiary/aromatic N) is 4. The summed E-state index contributed by atoms with van der Waals surface area (Å²) < 4.78 is 0. The van der Waals surface area contributed by atoms with Crippen LogP contribution < -0.4 is 10.2 Å². The highest BCUT2D eigenvalue weighted by Crippen LogP contribution is 2.26. The first-order valence-electron chi connectivity index (χ1n) is 9.76. The van der Waals surface area contributed by atoms with E-state index >= 15 is 0 Å². The van der Waals surface area contributed by atoms with Gasteiger partial charge in [0.25, 0.3) is 11.1 Å². The summed E-state index contributed by atoms with van der Waals surface area (Å²) in [7, 11) is 0. The number of anilines is 1. The molecule has 2 saturated heterocycles. The van der Waals surface area contributed by atoms with Crippen LogP contribution in [-0.4, -0.2) is 69.2 Å². The summed E-state index contributed by atoms with van der Waals surface area (Å²) in [5, 5.41) is 11.8. The summed E-state index contributed by atoms with van der Waals surface area (Å²) >= 11 is 0.812. The molecule has 2 N–H and O–H groups in total. The number of benzene rings is 1. The third-order valence-electron chi connectivity index (χ3n) is 5.18. The van der Waals surface area contributed by atoms with E-state index in [1.165, 1.54) is 6.08 Å². The van der Waals surface area contributed by atoms with Crippen LogP contribution in [0.3, 0.4) is 0 Å². The average molecular weight is 439 g/mol. The van der Waals surface area contributed by atoms with Crippen molar-refractivity contribution in [3.8, 4) is 0 Å². The molecule has 1 unspecified atom stereocenters. The Kier molecular flexibility index (Phi) is 6.40. The highest BCUT2D eigenvalue weighted by molar-refractivity contribution is 8.18. The van der Waals surface area contributed by atoms with Gasteiger partial charge < -0.3 is 14.8 Å². The maximum absolute atomic E-state index is 11.9. The fraction of sp³-hybridized carbons (Fsp3) is 0.286. The van der Waals surface area contributed by atoms with Crippen LogP contribution in [0.5, 0.6) is 0 Å². The number of aliphatic hydroxyl groups is 1. The number of amides is 2. The van der Waals surface area contributed by atoms with Crippen LogP contribution in [0.25, 0.3) is 6.08 Å². The van der Waals surface area contributed by atoms with Gasteiger partial charge in [-0.1, -0.05) is 30.3 Å². The number of nitrogens with one attached hydrogen (secondary N) is 1. The Bertz CT molecular complexity index is 1020. The van der Waals surface area contributed by atoms with E-state index in [1.54, 1.807) is 17.2 Å². The van der Waals surface area contributed by atoms with Crippen molar-refractivity contribution in [2.24, 2.45) is 0 Å². The summed E-state index contributed by atoms with van der Waals surface area (Å²) in [6, 6.07) is 10.8. The zero-order valence-corrected chi connectivity index (χ0v) is 17.4. The van der Waals surface area contributed by atoms with Crippen LogP contribution in [-0.2, 0) is 16.1 Å². The summed E-state index contributed by atoms with van der Waals surface area (Å²) in [6.07, 6.45) is 3.92. The minimum absolute atomic E-state index is 0.0719. The van der Waals surface area contributed by atoms with Crippen molar-refractivity contribution in [3.63, 3.8) is 0 Å². The van der Waals surface area contributed by atoms with Gasteiger partial charge in [0, 0.05) is 25.8 Å². The van der Waals surface area contributed by atoms with Gasteiger partial charge in [0.1, 0.15) is 12.3 Å². The molecule has 2 atom stereocenters. The average Bonchev–Trinajstić information content (AvgIpc) is 3.10. The molecular weight excluding hydrogens is 418 g/mol. The number of imide groups is 1. The van der Waals surface area contributed by atoms with Crippen molar-refractivity contribution in [1.29, 1.82) is 0 Å². The Hall–Kier alpha value is -3.08. The van der Waals surface area contributed by atoms with Gasteiger partial charge in [-0.2, -0.15) is 0 Å². The van der Waals surface area contributed by atoms with Gasteiger partial charge in [-0.05, 0) is 29.5 Å². The molecule has 9 nitrogen and oxygen atoms in total. The Labute approximate surface area is 183 Å². The van der Waals surface area contributed by atoms with E-state index in [2.05, 4.69) is 20.2 Å². The van der Waals surface area contributed by atoms with Crippen LogP contribution in [0.15, 0.2) is 47.5 Å². The van der Waals surface area contributed by atoms with Gasteiger partial charge in [-0.25, -0.2) is 9.97 Å². The minimum atomic E-state index is -0.486. The second kappa shape index (κ2) is 9.38. The number of aldehydes is 1. The van der Waals surface area contributed by atoms with Gasteiger partial charge in [-0.15, -0.1) is 0 Å². The van der Waals surface area contributed by atoms with E-state index in [4.69, 9.17) is 0 Å². The molecule has 0 radical (unpaired) electrons. The molecule has 2 amide bonds. The Morgan fingerprint density at radius 1 is 1.19 bits per heavy atom. The first-order chi connectivity index (χ1) is 15.1. The van der Waals surface area contributed by atoms with Crippen LogP contribution in [0.1, 0.15) is 11.3 Å². The molecule has 160 valence electrons. The lowest BCUT2D eigenvalue weighted by atomic mass is 10.1. The molecule has 4 rings (SSSR count). The molecule has 0 spiro atoms. The normalized spacial score (nSPS) is 23.3. The first kappa shape index (κ1) is 21.2. The van der Waals surface area contributed by atoms with Crippen LogP contribution >= 0.6 is 11.8 Å². The van der Waals surface area contributed by atoms with Crippen molar-refractivity contribution in [1.82, 2.24) is 20.2 Å². The largest absolute Gasteiger partial charge is 0.395 e. The standard InChI is InChI=1S/C21H21N5O4S/c27-12-16-11-26(17(13-28)10-25(16)9-14-4-2-1-3-5-14)20-22-7-6-15(23-20)8-18-19(29)24-21(30)31-18/h1-8,13,16-17,27H,9-12H2,(H,24,29,30)/b18-8-/t16-,17?/m1/s1. The molecule has 2 fully saturated rings. The van der Waals surface area contributed by atoms with Crippen LogP contribution in [0.4, 0.5) is 10.7 Å². The van der Waals surface area contributed by atoms with Gasteiger partial charge in [0.05, 0.1) is 23.2 Å². The second-order valence-electron chi connectivity index (χ2n) is 7.24. The van der Waals surface area contributed by atoms with Crippen LogP contribution in [0, 0.1) is 0 Å². The van der Waals surface area contributed by atoms with E-state index in [0.717, 1.165) is 23.6 Å². The fourth-order valence-corrected chi connectivity index (χ4v) is 4.30. The topological polar surface area (TPSA) is 116 Å². The quantitative estimate of drug-likeness (QED) is 0.503. The minimum Gasteiger partial charge on any atom is -0.395 e. The highest BCUT2D eigenvalue weighted by atomic mass is 32.2. The van der Waals surface area contributed by atoms with Gasteiger partial charge in [0.2, 0.25) is 5.95 Å². The summed E-state index contributed by atoms with van der Waals surface area (Å²) in [4.78, 5) is 47.9. The number of carbonyl (C=O) groups excluding carboxylic acids is 3. The van der Waals surface area contributed by atoms with Crippen molar-refractivity contribution < 1.29 is 19.5 Å². The Morgan fingerprint density at radius 2 is 2.00 bits per heavy atom. The van der Waals surface area contributed by atoms with Gasteiger partial charge in [-0.3, -0.25) is 19.8 Å². The maximum atomic E-state index is 11.9. The lowest BCUT2D eigenvalue weighted by molar-refractivity contribution is -0.115. The number of aromatic nitrogens is 2. The number of carbonyl (C=O) groups is 3. The number of thioether (sulfide) groups is 1.